The van der Waals surface area contributed by atoms with Gasteiger partial charge in [0.15, 0.2) is 24.3 Å². The molecule has 5 rings (SSSR count). The Morgan fingerprint density at radius 2 is 1.51 bits per heavy atom. The van der Waals surface area contributed by atoms with Crippen molar-refractivity contribution < 1.29 is 19.0 Å². The first-order valence-corrected chi connectivity index (χ1v) is 11.4. The Hall–Kier alpha value is -4.29. The van der Waals surface area contributed by atoms with Crippen molar-refractivity contribution in [2.75, 3.05) is 19.0 Å². The number of hydrogen-bond donors (Lipinski definition) is 2. The molecule has 176 valence electrons. The van der Waals surface area contributed by atoms with Gasteiger partial charge in [-0.3, -0.25) is 4.79 Å². The van der Waals surface area contributed by atoms with Gasteiger partial charge in [0.05, 0.1) is 7.11 Å². The number of fused-ring (bicyclic) bond motifs is 1. The molecule has 0 aromatic heterocycles. The van der Waals surface area contributed by atoms with Crippen LogP contribution in [-0.4, -0.2) is 19.6 Å². The topological polar surface area (TPSA) is 82.8 Å². The molecule has 1 aliphatic rings. The smallest absolute Gasteiger partial charge is 0.255 e. The lowest BCUT2D eigenvalue weighted by Gasteiger charge is -2.44. The average Bonchev–Trinajstić information content (AvgIpc) is 2.92. The van der Waals surface area contributed by atoms with Gasteiger partial charge in [0.25, 0.3) is 5.91 Å². The average molecular weight is 467 g/mol. The van der Waals surface area contributed by atoms with Crippen LogP contribution < -0.4 is 20.5 Å². The molecule has 1 aliphatic heterocycles. The SMILES string of the molecule is COc1cc([C@H]2Nc3ccccc3C(c3ccccc3)(c3ccccc3)O2)ccc1OCC(N)=O. The largest absolute Gasteiger partial charge is 0.493 e. The maximum absolute atomic E-state index is 11.2. The Balaban J connectivity index is 1.65. The van der Waals surface area contributed by atoms with Crippen LogP contribution in [0.3, 0.4) is 0 Å². The third-order valence-electron chi connectivity index (χ3n) is 6.11. The zero-order chi connectivity index (χ0) is 24.3. The molecular weight excluding hydrogens is 440 g/mol. The van der Waals surface area contributed by atoms with Crippen molar-refractivity contribution in [3.8, 4) is 11.5 Å². The number of hydrogen-bond acceptors (Lipinski definition) is 5. The molecule has 0 radical (unpaired) electrons. The van der Waals surface area contributed by atoms with Crippen LogP contribution in [0.4, 0.5) is 5.69 Å². The third-order valence-corrected chi connectivity index (χ3v) is 6.11. The summed E-state index contributed by atoms with van der Waals surface area (Å²) in [6, 6.07) is 34.2. The molecule has 3 N–H and O–H groups in total. The highest BCUT2D eigenvalue weighted by molar-refractivity contribution is 5.75. The molecule has 1 heterocycles. The second-order valence-electron chi connectivity index (χ2n) is 8.27. The van der Waals surface area contributed by atoms with E-state index in [1.54, 1.807) is 13.2 Å². The van der Waals surface area contributed by atoms with E-state index in [4.69, 9.17) is 19.9 Å². The first kappa shape index (κ1) is 22.5. The van der Waals surface area contributed by atoms with E-state index in [1.165, 1.54) is 0 Å². The van der Waals surface area contributed by atoms with Gasteiger partial charge in [-0.05, 0) is 29.3 Å². The summed E-state index contributed by atoms with van der Waals surface area (Å²) in [5.41, 5.74) is 9.29. The van der Waals surface area contributed by atoms with Crippen LogP contribution in [0.15, 0.2) is 103 Å². The van der Waals surface area contributed by atoms with Crippen molar-refractivity contribution in [2.24, 2.45) is 5.73 Å². The fourth-order valence-electron chi connectivity index (χ4n) is 4.55. The van der Waals surface area contributed by atoms with Gasteiger partial charge in [0, 0.05) is 16.8 Å². The molecule has 4 aromatic carbocycles. The fourth-order valence-corrected chi connectivity index (χ4v) is 4.55. The van der Waals surface area contributed by atoms with Crippen molar-refractivity contribution in [2.45, 2.75) is 11.8 Å². The number of nitrogens with two attached hydrogens (primary N) is 1. The van der Waals surface area contributed by atoms with Crippen molar-refractivity contribution in [3.05, 3.63) is 125 Å². The van der Waals surface area contributed by atoms with Gasteiger partial charge in [-0.2, -0.15) is 0 Å². The van der Waals surface area contributed by atoms with Crippen LogP contribution in [0, 0.1) is 0 Å². The third kappa shape index (κ3) is 4.20. The quantitative estimate of drug-likeness (QED) is 0.401. The minimum absolute atomic E-state index is 0.230. The highest BCUT2D eigenvalue weighted by atomic mass is 16.5. The molecule has 0 fully saturated rings. The number of benzene rings is 4. The van der Waals surface area contributed by atoms with E-state index in [1.807, 2.05) is 60.7 Å². The zero-order valence-electron chi connectivity index (χ0n) is 19.3. The molecule has 4 aromatic rings. The number of nitrogens with one attached hydrogen (secondary N) is 1. The maximum atomic E-state index is 11.2. The molecule has 35 heavy (non-hydrogen) atoms. The van der Waals surface area contributed by atoms with Crippen LogP contribution in [0.5, 0.6) is 11.5 Å². The lowest BCUT2D eigenvalue weighted by Crippen LogP contribution is -2.40. The Kier molecular flexibility index (Phi) is 6.12. The highest BCUT2D eigenvalue weighted by Crippen LogP contribution is 2.50. The van der Waals surface area contributed by atoms with E-state index in [2.05, 4.69) is 41.7 Å². The Morgan fingerprint density at radius 3 is 2.14 bits per heavy atom. The minimum atomic E-state index is -0.844. The summed E-state index contributed by atoms with van der Waals surface area (Å²) in [5.74, 6) is 0.363. The van der Waals surface area contributed by atoms with Gasteiger partial charge in [0.1, 0.15) is 5.60 Å². The van der Waals surface area contributed by atoms with Gasteiger partial charge in [-0.15, -0.1) is 0 Å². The zero-order valence-corrected chi connectivity index (χ0v) is 19.3. The monoisotopic (exact) mass is 466 g/mol. The number of anilines is 1. The van der Waals surface area contributed by atoms with Crippen LogP contribution in [-0.2, 0) is 15.1 Å². The Bertz CT molecular complexity index is 1290. The van der Waals surface area contributed by atoms with E-state index >= 15 is 0 Å². The van der Waals surface area contributed by atoms with E-state index in [-0.39, 0.29) is 6.61 Å². The van der Waals surface area contributed by atoms with Crippen molar-refractivity contribution in [1.29, 1.82) is 0 Å². The standard InChI is InChI=1S/C29H26N2O4/c1-33-26-18-20(16-17-25(26)34-19-27(30)32)28-31-24-15-9-8-14-23(24)29(35-28,21-10-4-2-5-11-21)22-12-6-3-7-13-22/h2-18,28,31H,19H2,1H3,(H2,30,32)/t28-/m0/s1. The van der Waals surface area contributed by atoms with E-state index in [0.717, 1.165) is 27.9 Å². The van der Waals surface area contributed by atoms with Gasteiger partial charge in [-0.1, -0.05) is 84.9 Å². The number of para-hydroxylation sites is 1. The summed E-state index contributed by atoms with van der Waals surface area (Å²) < 4.78 is 18.1. The van der Waals surface area contributed by atoms with E-state index < -0.39 is 17.7 Å². The number of primary amides is 1. The summed E-state index contributed by atoms with van der Waals surface area (Å²) >= 11 is 0. The molecule has 0 spiro atoms. The van der Waals surface area contributed by atoms with Gasteiger partial charge >= 0.3 is 0 Å². The number of methoxy groups -OCH3 is 1. The van der Waals surface area contributed by atoms with Crippen molar-refractivity contribution in [3.63, 3.8) is 0 Å². The van der Waals surface area contributed by atoms with Crippen molar-refractivity contribution >= 4 is 11.6 Å². The number of carbonyl (C=O) groups excluding carboxylic acids is 1. The Labute approximate surface area is 204 Å². The van der Waals surface area contributed by atoms with Crippen LogP contribution in [0.25, 0.3) is 0 Å². The molecule has 0 saturated carbocycles. The number of ether oxygens (including phenoxy) is 3. The Morgan fingerprint density at radius 1 is 0.886 bits per heavy atom. The lowest BCUT2D eigenvalue weighted by atomic mass is 9.78. The summed E-state index contributed by atoms with van der Waals surface area (Å²) in [5, 5.41) is 3.54. The van der Waals surface area contributed by atoms with Crippen LogP contribution in [0.2, 0.25) is 0 Å². The normalized spacial score (nSPS) is 16.0. The first-order chi connectivity index (χ1) is 17.1. The number of amides is 1. The highest BCUT2D eigenvalue weighted by Gasteiger charge is 2.45. The molecule has 6 nitrogen and oxygen atoms in total. The molecule has 1 amide bonds. The predicted molar refractivity (Wildman–Crippen MR) is 134 cm³/mol. The van der Waals surface area contributed by atoms with E-state index in [0.29, 0.717) is 11.5 Å². The maximum Gasteiger partial charge on any atom is 0.255 e. The fraction of sp³-hybridized carbons (Fsp3) is 0.138. The second kappa shape index (κ2) is 9.52. The molecular formula is C29H26N2O4. The van der Waals surface area contributed by atoms with Gasteiger partial charge in [0.2, 0.25) is 0 Å². The molecule has 6 heteroatoms. The summed E-state index contributed by atoms with van der Waals surface area (Å²) in [7, 11) is 1.55. The summed E-state index contributed by atoms with van der Waals surface area (Å²) in [6.45, 7) is -0.230. The molecule has 1 atom stereocenters. The lowest BCUT2D eigenvalue weighted by molar-refractivity contribution is -0.119. The summed E-state index contributed by atoms with van der Waals surface area (Å²) in [4.78, 5) is 11.2. The van der Waals surface area contributed by atoms with E-state index in [9.17, 15) is 4.79 Å². The summed E-state index contributed by atoms with van der Waals surface area (Å²) in [6.07, 6.45) is -0.496. The van der Waals surface area contributed by atoms with Gasteiger partial charge in [-0.25, -0.2) is 0 Å². The number of carbonyl (C=O) groups is 1. The van der Waals surface area contributed by atoms with Crippen LogP contribution in [0.1, 0.15) is 28.5 Å². The molecule has 0 aliphatic carbocycles. The first-order valence-electron chi connectivity index (χ1n) is 11.4. The minimum Gasteiger partial charge on any atom is -0.493 e. The van der Waals surface area contributed by atoms with Crippen molar-refractivity contribution in [1.82, 2.24) is 0 Å². The second-order valence-corrected chi connectivity index (χ2v) is 8.27. The van der Waals surface area contributed by atoms with Gasteiger partial charge < -0.3 is 25.3 Å². The molecule has 0 bridgehead atoms. The predicted octanol–water partition coefficient (Wildman–Crippen LogP) is 4.99. The number of rotatable bonds is 7. The molecule has 0 unspecified atom stereocenters. The van der Waals surface area contributed by atoms with Crippen LogP contribution >= 0.6 is 0 Å². The molecule has 0 saturated heterocycles.